The van der Waals surface area contributed by atoms with Gasteiger partial charge in [-0.3, -0.25) is 4.79 Å². The molecule has 0 aliphatic heterocycles. The van der Waals surface area contributed by atoms with Crippen LogP contribution < -0.4 is 5.73 Å². The average Bonchev–Trinajstić information content (AvgIpc) is 2.49. The molecular formula is C17H20N2OS. The van der Waals surface area contributed by atoms with Crippen molar-refractivity contribution in [1.29, 1.82) is 0 Å². The molecule has 3 nitrogen and oxygen atoms in total. The van der Waals surface area contributed by atoms with E-state index in [2.05, 4.69) is 24.3 Å². The molecule has 0 heterocycles. The quantitative estimate of drug-likeness (QED) is 0.693. The summed E-state index contributed by atoms with van der Waals surface area (Å²) in [5.74, 6) is -0.00579. The van der Waals surface area contributed by atoms with E-state index in [-0.39, 0.29) is 5.91 Å². The number of nitrogens with two attached hydrogens (primary N) is 1. The highest BCUT2D eigenvalue weighted by atomic mass is 32.2. The van der Waals surface area contributed by atoms with E-state index in [9.17, 15) is 4.79 Å². The van der Waals surface area contributed by atoms with Crippen molar-refractivity contribution < 1.29 is 4.79 Å². The predicted molar refractivity (Wildman–Crippen MR) is 89.6 cm³/mol. The van der Waals surface area contributed by atoms with E-state index in [4.69, 9.17) is 5.73 Å². The molecule has 2 aromatic rings. The van der Waals surface area contributed by atoms with Gasteiger partial charge in [0.05, 0.1) is 0 Å². The normalized spacial score (nSPS) is 10.4. The maximum Gasteiger partial charge on any atom is 0.254 e. The molecule has 0 saturated carbocycles. The third kappa shape index (κ3) is 3.79. The van der Waals surface area contributed by atoms with Gasteiger partial charge in [-0.05, 0) is 48.6 Å². The van der Waals surface area contributed by atoms with E-state index in [0.717, 1.165) is 11.1 Å². The van der Waals surface area contributed by atoms with Crippen LogP contribution in [-0.4, -0.2) is 24.1 Å². The number of aryl methyl sites for hydroxylation is 1. The Balaban J connectivity index is 2.13. The van der Waals surface area contributed by atoms with E-state index < -0.39 is 0 Å². The second-order valence-electron chi connectivity index (χ2n) is 5.08. The lowest BCUT2D eigenvalue weighted by Crippen LogP contribution is -2.26. The van der Waals surface area contributed by atoms with Crippen LogP contribution in [0, 0.1) is 6.92 Å². The van der Waals surface area contributed by atoms with Crippen LogP contribution in [0.4, 0.5) is 5.69 Å². The fourth-order valence-corrected chi connectivity index (χ4v) is 2.56. The number of nitrogens with zero attached hydrogens (tertiary/aromatic N) is 1. The highest BCUT2D eigenvalue weighted by Gasteiger charge is 2.14. The molecular weight excluding hydrogens is 280 g/mol. The summed E-state index contributed by atoms with van der Waals surface area (Å²) in [5, 5.41) is 0. The Kier molecular flexibility index (Phi) is 4.91. The van der Waals surface area contributed by atoms with Crippen molar-refractivity contribution in [3.63, 3.8) is 0 Å². The molecule has 0 aromatic heterocycles. The van der Waals surface area contributed by atoms with Crippen LogP contribution in [0.1, 0.15) is 21.5 Å². The minimum Gasteiger partial charge on any atom is -0.399 e. The Hall–Kier alpha value is -1.94. The Morgan fingerprint density at radius 3 is 2.48 bits per heavy atom. The molecule has 0 unspecified atom stereocenters. The maximum atomic E-state index is 12.5. The molecule has 0 aliphatic carbocycles. The van der Waals surface area contributed by atoms with Crippen LogP contribution in [0.2, 0.25) is 0 Å². The van der Waals surface area contributed by atoms with Crippen LogP contribution >= 0.6 is 11.8 Å². The Labute approximate surface area is 130 Å². The molecule has 0 aliphatic rings. The molecule has 1 amide bonds. The Bertz CT molecular complexity index is 638. The van der Waals surface area contributed by atoms with Crippen molar-refractivity contribution in [2.24, 2.45) is 0 Å². The van der Waals surface area contributed by atoms with Crippen molar-refractivity contribution >= 4 is 23.4 Å². The number of anilines is 1. The second kappa shape index (κ2) is 6.68. The first kappa shape index (κ1) is 15.4. The lowest BCUT2D eigenvalue weighted by molar-refractivity contribution is 0.0784. The van der Waals surface area contributed by atoms with Gasteiger partial charge in [0.1, 0.15) is 0 Å². The molecule has 0 fully saturated rings. The topological polar surface area (TPSA) is 46.3 Å². The number of amides is 1. The molecule has 0 bridgehead atoms. The van der Waals surface area contributed by atoms with E-state index >= 15 is 0 Å². The Morgan fingerprint density at radius 2 is 1.86 bits per heavy atom. The second-order valence-corrected chi connectivity index (χ2v) is 5.96. The fourth-order valence-electron chi connectivity index (χ4n) is 2.15. The number of nitrogen functional groups attached to an aromatic ring is 1. The van der Waals surface area contributed by atoms with E-state index in [1.54, 1.807) is 22.7 Å². The van der Waals surface area contributed by atoms with Crippen molar-refractivity contribution in [2.45, 2.75) is 18.4 Å². The van der Waals surface area contributed by atoms with Gasteiger partial charge in [0.15, 0.2) is 0 Å². The first-order chi connectivity index (χ1) is 10.0. The monoisotopic (exact) mass is 300 g/mol. The highest BCUT2D eigenvalue weighted by Crippen LogP contribution is 2.18. The smallest absolute Gasteiger partial charge is 0.254 e. The van der Waals surface area contributed by atoms with Gasteiger partial charge in [0, 0.05) is 29.7 Å². The summed E-state index contributed by atoms with van der Waals surface area (Å²) >= 11 is 1.71. The summed E-state index contributed by atoms with van der Waals surface area (Å²) in [6.45, 7) is 2.51. The van der Waals surface area contributed by atoms with E-state index in [1.807, 2.05) is 32.4 Å². The number of carbonyl (C=O) groups is 1. The summed E-state index contributed by atoms with van der Waals surface area (Å²) < 4.78 is 0. The minimum absolute atomic E-state index is 0.00579. The number of hydrogen-bond donors (Lipinski definition) is 1. The summed E-state index contributed by atoms with van der Waals surface area (Å²) in [5.41, 5.74) is 9.11. The Morgan fingerprint density at radius 1 is 1.19 bits per heavy atom. The lowest BCUT2D eigenvalue weighted by atomic mass is 10.1. The van der Waals surface area contributed by atoms with Gasteiger partial charge in [-0.25, -0.2) is 0 Å². The molecule has 2 N–H and O–H groups in total. The number of hydrogen-bond acceptors (Lipinski definition) is 3. The van der Waals surface area contributed by atoms with Crippen LogP contribution in [0.15, 0.2) is 47.4 Å². The molecule has 0 saturated heterocycles. The first-order valence-electron chi connectivity index (χ1n) is 6.76. The third-order valence-corrected chi connectivity index (χ3v) is 4.16. The number of carbonyl (C=O) groups excluding carboxylic acids is 1. The molecule has 0 atom stereocenters. The van der Waals surface area contributed by atoms with Gasteiger partial charge in [0.2, 0.25) is 0 Å². The van der Waals surface area contributed by atoms with Crippen LogP contribution in [0.3, 0.4) is 0 Å². The van der Waals surface area contributed by atoms with Crippen LogP contribution in [0.25, 0.3) is 0 Å². The fraction of sp³-hybridized carbons (Fsp3) is 0.235. The number of rotatable bonds is 4. The summed E-state index contributed by atoms with van der Waals surface area (Å²) in [4.78, 5) is 15.5. The summed E-state index contributed by atoms with van der Waals surface area (Å²) in [6, 6.07) is 13.7. The van der Waals surface area contributed by atoms with Gasteiger partial charge in [-0.2, -0.15) is 0 Å². The molecule has 21 heavy (non-hydrogen) atoms. The van der Waals surface area contributed by atoms with Crippen LogP contribution in [0.5, 0.6) is 0 Å². The largest absolute Gasteiger partial charge is 0.399 e. The molecule has 2 rings (SSSR count). The highest BCUT2D eigenvalue weighted by molar-refractivity contribution is 7.98. The van der Waals surface area contributed by atoms with Crippen molar-refractivity contribution in [3.05, 3.63) is 59.2 Å². The lowest BCUT2D eigenvalue weighted by Gasteiger charge is -2.19. The molecule has 0 spiro atoms. The van der Waals surface area contributed by atoms with E-state index in [0.29, 0.717) is 17.8 Å². The standard InChI is InChI=1S/C17H20N2OS/c1-12-4-7-14(18)10-16(12)17(20)19(2)11-13-5-8-15(21-3)9-6-13/h4-10H,11,18H2,1-3H3. The van der Waals surface area contributed by atoms with Gasteiger partial charge in [-0.15, -0.1) is 11.8 Å². The number of benzene rings is 2. The van der Waals surface area contributed by atoms with Gasteiger partial charge in [-0.1, -0.05) is 18.2 Å². The average molecular weight is 300 g/mol. The number of thioether (sulfide) groups is 1. The molecule has 4 heteroatoms. The summed E-state index contributed by atoms with van der Waals surface area (Å²) in [6.07, 6.45) is 2.05. The van der Waals surface area contributed by atoms with Crippen LogP contribution in [-0.2, 0) is 6.54 Å². The van der Waals surface area contributed by atoms with Gasteiger partial charge < -0.3 is 10.6 Å². The molecule has 0 radical (unpaired) electrons. The van der Waals surface area contributed by atoms with Gasteiger partial charge in [0.25, 0.3) is 5.91 Å². The first-order valence-corrected chi connectivity index (χ1v) is 7.98. The third-order valence-electron chi connectivity index (χ3n) is 3.42. The van der Waals surface area contributed by atoms with Crippen molar-refractivity contribution in [2.75, 3.05) is 19.0 Å². The summed E-state index contributed by atoms with van der Waals surface area (Å²) in [7, 11) is 1.81. The molecule has 2 aromatic carbocycles. The zero-order valence-corrected chi connectivity index (χ0v) is 13.4. The van der Waals surface area contributed by atoms with Gasteiger partial charge >= 0.3 is 0 Å². The maximum absolute atomic E-state index is 12.5. The van der Waals surface area contributed by atoms with Crippen molar-refractivity contribution in [3.8, 4) is 0 Å². The minimum atomic E-state index is -0.00579. The zero-order chi connectivity index (χ0) is 15.4. The van der Waals surface area contributed by atoms with Crippen molar-refractivity contribution in [1.82, 2.24) is 4.90 Å². The molecule has 110 valence electrons. The van der Waals surface area contributed by atoms with E-state index in [1.165, 1.54) is 4.90 Å². The SMILES string of the molecule is CSc1ccc(CN(C)C(=O)c2cc(N)ccc2C)cc1. The predicted octanol–water partition coefficient (Wildman–Crippen LogP) is 3.57. The zero-order valence-electron chi connectivity index (χ0n) is 12.6.